The van der Waals surface area contributed by atoms with E-state index >= 15 is 0 Å². The van der Waals surface area contributed by atoms with Crippen LogP contribution in [-0.2, 0) is 0 Å². The molecule has 0 bridgehead atoms. The van der Waals surface area contributed by atoms with Crippen LogP contribution >= 0.6 is 0 Å². The normalized spacial score (nSPS) is 12.8. The maximum Gasteiger partial charge on any atom is 0.291 e. The quantitative estimate of drug-likeness (QED) is 0.861. The van der Waals surface area contributed by atoms with Crippen LogP contribution in [0, 0.1) is 19.8 Å². The molecule has 1 rings (SSSR count). The third-order valence-corrected chi connectivity index (χ3v) is 3.31. The summed E-state index contributed by atoms with van der Waals surface area (Å²) in [4.78, 5) is 12.0. The van der Waals surface area contributed by atoms with Crippen LogP contribution in [-0.4, -0.2) is 12.2 Å². The van der Waals surface area contributed by atoms with Crippen molar-refractivity contribution in [3.05, 3.63) is 27.1 Å². The largest absolute Gasteiger partial charge is 0.468 e. The molecule has 0 radical (unpaired) electrons. The molecule has 0 saturated carbocycles. The monoisotopic (exact) mass is 268 g/mol. The Bertz CT molecular complexity index is 474. The predicted molar refractivity (Wildman–Crippen MR) is 74.7 cm³/mol. The lowest BCUT2D eigenvalue weighted by atomic mass is 10.0. The number of hydrogen-bond acceptors (Lipinski definition) is 4. The highest BCUT2D eigenvalue weighted by Crippen LogP contribution is 2.27. The molecule has 4 heteroatoms. The summed E-state index contributed by atoms with van der Waals surface area (Å²) in [5, 5.41) is 10.2. The van der Waals surface area contributed by atoms with Gasteiger partial charge in [0.2, 0.25) is 0 Å². The minimum Gasteiger partial charge on any atom is -0.468 e. The molecular formula is C15H24O4. The third kappa shape index (κ3) is 3.83. The fourth-order valence-electron chi connectivity index (χ4n) is 2.10. The van der Waals surface area contributed by atoms with Crippen LogP contribution in [0.1, 0.15) is 56.1 Å². The summed E-state index contributed by atoms with van der Waals surface area (Å²) < 4.78 is 10.6. The number of aliphatic hydroxyl groups excluding tert-OH is 1. The van der Waals surface area contributed by atoms with Gasteiger partial charge in [0.15, 0.2) is 5.43 Å². The zero-order valence-corrected chi connectivity index (χ0v) is 12.4. The topological polar surface area (TPSA) is 59.7 Å². The predicted octanol–water partition coefficient (Wildman–Crippen LogP) is 3.12. The van der Waals surface area contributed by atoms with Gasteiger partial charge < -0.3 is 14.3 Å². The van der Waals surface area contributed by atoms with E-state index in [4.69, 9.17) is 9.15 Å². The first-order chi connectivity index (χ1) is 8.88. The lowest BCUT2D eigenvalue weighted by molar-refractivity contribution is 0.123. The highest BCUT2D eigenvalue weighted by atomic mass is 16.6. The second-order valence-corrected chi connectivity index (χ2v) is 5.38. The highest BCUT2D eigenvalue weighted by molar-refractivity contribution is 5.30. The first kappa shape index (κ1) is 15.8. The van der Waals surface area contributed by atoms with Gasteiger partial charge in [0, 0.05) is 5.56 Å². The van der Waals surface area contributed by atoms with Gasteiger partial charge in [-0.25, -0.2) is 0 Å². The van der Waals surface area contributed by atoms with E-state index in [1.165, 1.54) is 7.11 Å². The summed E-state index contributed by atoms with van der Waals surface area (Å²) in [6.07, 6.45) is 1.79. The SMILES string of the molecule is COc1oc([C@H](O)CCCC(C)C)c(C)c(=O)c1C. The van der Waals surface area contributed by atoms with Gasteiger partial charge in [-0.15, -0.1) is 0 Å². The molecule has 19 heavy (non-hydrogen) atoms. The molecule has 0 aliphatic carbocycles. The van der Waals surface area contributed by atoms with Gasteiger partial charge in [0.05, 0.1) is 12.7 Å². The highest BCUT2D eigenvalue weighted by Gasteiger charge is 2.20. The fourth-order valence-corrected chi connectivity index (χ4v) is 2.10. The Labute approximate surface area is 114 Å². The number of ether oxygens (including phenoxy) is 1. The Morgan fingerprint density at radius 1 is 1.21 bits per heavy atom. The summed E-state index contributed by atoms with van der Waals surface area (Å²) >= 11 is 0. The van der Waals surface area contributed by atoms with Gasteiger partial charge >= 0.3 is 0 Å². The average Bonchev–Trinajstić information content (AvgIpc) is 2.36. The Balaban J connectivity index is 2.93. The zero-order chi connectivity index (χ0) is 14.6. The third-order valence-electron chi connectivity index (χ3n) is 3.31. The molecule has 4 nitrogen and oxygen atoms in total. The van der Waals surface area contributed by atoms with Crippen molar-refractivity contribution in [2.75, 3.05) is 7.11 Å². The van der Waals surface area contributed by atoms with Gasteiger partial charge in [-0.05, 0) is 26.2 Å². The molecule has 0 aliphatic rings. The van der Waals surface area contributed by atoms with E-state index in [0.29, 0.717) is 29.2 Å². The van der Waals surface area contributed by atoms with Gasteiger partial charge in [-0.1, -0.05) is 26.7 Å². The van der Waals surface area contributed by atoms with Crippen molar-refractivity contribution in [1.82, 2.24) is 0 Å². The first-order valence-electron chi connectivity index (χ1n) is 6.74. The first-order valence-corrected chi connectivity index (χ1v) is 6.74. The van der Waals surface area contributed by atoms with E-state index in [2.05, 4.69) is 13.8 Å². The van der Waals surface area contributed by atoms with Gasteiger partial charge in [-0.3, -0.25) is 4.79 Å². The Hall–Kier alpha value is -1.29. The molecule has 0 aromatic carbocycles. The summed E-state index contributed by atoms with van der Waals surface area (Å²) in [5.74, 6) is 1.12. The van der Waals surface area contributed by atoms with Gasteiger partial charge in [0.1, 0.15) is 11.9 Å². The Kier molecular flexibility index (Phi) is 5.60. The number of aliphatic hydroxyl groups is 1. The van der Waals surface area contributed by atoms with Crippen molar-refractivity contribution in [2.45, 2.75) is 53.1 Å². The van der Waals surface area contributed by atoms with Crippen LogP contribution in [0.2, 0.25) is 0 Å². The van der Waals surface area contributed by atoms with Crippen molar-refractivity contribution < 1.29 is 14.3 Å². The lowest BCUT2D eigenvalue weighted by Crippen LogP contribution is -2.15. The summed E-state index contributed by atoms with van der Waals surface area (Å²) in [6.45, 7) is 7.63. The fraction of sp³-hybridized carbons (Fsp3) is 0.667. The Morgan fingerprint density at radius 3 is 2.37 bits per heavy atom. The average molecular weight is 268 g/mol. The van der Waals surface area contributed by atoms with Crippen molar-refractivity contribution >= 4 is 0 Å². The molecule has 1 aromatic heterocycles. The van der Waals surface area contributed by atoms with E-state index < -0.39 is 6.10 Å². The maximum absolute atomic E-state index is 12.0. The number of methoxy groups -OCH3 is 1. The van der Waals surface area contributed by atoms with Crippen LogP contribution in [0.3, 0.4) is 0 Å². The molecule has 108 valence electrons. The summed E-state index contributed by atoms with van der Waals surface area (Å²) in [6, 6.07) is 0. The second-order valence-electron chi connectivity index (χ2n) is 5.38. The molecule has 0 unspecified atom stereocenters. The smallest absolute Gasteiger partial charge is 0.291 e. The molecule has 1 heterocycles. The van der Waals surface area contributed by atoms with Crippen LogP contribution in [0.15, 0.2) is 9.21 Å². The summed E-state index contributed by atoms with van der Waals surface area (Å²) in [7, 11) is 1.45. The van der Waals surface area contributed by atoms with E-state index in [0.717, 1.165) is 12.8 Å². The molecule has 0 fully saturated rings. The van der Waals surface area contributed by atoms with E-state index in [9.17, 15) is 9.90 Å². The van der Waals surface area contributed by atoms with Gasteiger partial charge in [0.25, 0.3) is 5.95 Å². The minimum atomic E-state index is -0.749. The maximum atomic E-state index is 12.0. The van der Waals surface area contributed by atoms with E-state index in [-0.39, 0.29) is 11.4 Å². The molecule has 0 aliphatic heterocycles. The lowest BCUT2D eigenvalue weighted by Gasteiger charge is -2.15. The van der Waals surface area contributed by atoms with E-state index in [1.54, 1.807) is 13.8 Å². The minimum absolute atomic E-state index is 0.124. The Morgan fingerprint density at radius 2 is 1.84 bits per heavy atom. The zero-order valence-electron chi connectivity index (χ0n) is 12.4. The molecule has 1 N–H and O–H groups in total. The molecular weight excluding hydrogens is 244 g/mol. The molecule has 1 aromatic rings. The number of rotatable bonds is 6. The second kappa shape index (κ2) is 6.75. The molecule has 0 amide bonds. The van der Waals surface area contributed by atoms with Crippen LogP contribution in [0.5, 0.6) is 5.95 Å². The van der Waals surface area contributed by atoms with Crippen molar-refractivity contribution in [1.29, 1.82) is 0 Å². The van der Waals surface area contributed by atoms with Crippen LogP contribution in [0.4, 0.5) is 0 Å². The number of hydrogen-bond donors (Lipinski definition) is 1. The molecule has 1 atom stereocenters. The van der Waals surface area contributed by atoms with Crippen molar-refractivity contribution in [3.8, 4) is 5.95 Å². The van der Waals surface area contributed by atoms with Gasteiger partial charge in [-0.2, -0.15) is 0 Å². The van der Waals surface area contributed by atoms with Crippen LogP contribution < -0.4 is 10.2 Å². The van der Waals surface area contributed by atoms with Crippen molar-refractivity contribution in [3.63, 3.8) is 0 Å². The molecule has 0 saturated heterocycles. The van der Waals surface area contributed by atoms with E-state index in [1.807, 2.05) is 0 Å². The standard InChI is InChI=1S/C15H24O4/c1-9(2)7-6-8-12(16)14-10(3)13(17)11(4)15(18-5)19-14/h9,12,16H,6-8H2,1-5H3/t12-/m1/s1. The summed E-state index contributed by atoms with van der Waals surface area (Å²) in [5.41, 5.74) is 0.787. The van der Waals surface area contributed by atoms with Crippen LogP contribution in [0.25, 0.3) is 0 Å². The molecule has 0 spiro atoms. The van der Waals surface area contributed by atoms with Crippen molar-refractivity contribution in [2.24, 2.45) is 5.92 Å².